The maximum atomic E-state index is 12.9. The van der Waals surface area contributed by atoms with Gasteiger partial charge in [0.2, 0.25) is 17.7 Å². The third-order valence-electron chi connectivity index (χ3n) is 13.5. The third-order valence-corrected chi connectivity index (χ3v) is 13.5. The molecule has 6 fully saturated rings. The molecule has 0 spiro atoms. The topological polar surface area (TPSA) is 584 Å². The number of aliphatic hydroxyl groups is 14. The van der Waals surface area contributed by atoms with Crippen molar-refractivity contribution in [1.29, 1.82) is 0 Å². The molecule has 6 saturated heterocycles. The first-order valence-electron chi connectivity index (χ1n) is 24.1. The average molecular weight is 1160 g/mol. The summed E-state index contributed by atoms with van der Waals surface area (Å²) in [6.07, 6.45) is -59.2. The normalized spacial score (nSPS) is 46.6. The predicted octanol–water partition coefficient (Wildman–Crippen LogP) is -13.4. The molecule has 452 valence electrons. The van der Waals surface area contributed by atoms with Crippen molar-refractivity contribution in [2.24, 2.45) is 0 Å². The van der Waals surface area contributed by atoms with E-state index in [2.05, 4.69) is 16.0 Å². The lowest BCUT2D eigenvalue weighted by molar-refractivity contribution is -0.377. The standard InChI is InChI=1S/C42H65N3O34/c1-7(49)43-13-19(55)16(52)10(4-46)69-38(13)75-29-21(57)24(60)41(78-32(29)35(64)65)74-27-15(45-9(3)51)40(71-12(6-48)18(27)54)77-30-22(58)25(61)42(79-33(30)36(66)67)73-26-14(44-8(2)50)39(70-11(5-47)17(26)53)76-28-20(56)23(59)37(68)72-31(28)34(62)63/h10-33,37-42,46-48,52-61,68H,4-6H2,1-3H3,(H,43,49)(H,44,50)(H,45,51)(H,62,63)(H,64,65)(H,66,67)/t10-,11-,12-,13-,14-,15-,16+,17+,18+,19-,20-,21-,22-,23-,24-,25-,26-,27-,28+,29+,30+,31+,32+,33+,37-,38+,39+,40+,41-,42-/m1/s1. The molecule has 6 heterocycles. The van der Waals surface area contributed by atoms with Crippen LogP contribution in [0, 0.1) is 0 Å². The molecule has 20 N–H and O–H groups in total. The van der Waals surface area contributed by atoms with Gasteiger partial charge >= 0.3 is 17.9 Å². The van der Waals surface area contributed by atoms with Crippen molar-refractivity contribution in [3.05, 3.63) is 0 Å². The third kappa shape index (κ3) is 13.8. The van der Waals surface area contributed by atoms with Crippen molar-refractivity contribution in [2.75, 3.05) is 19.8 Å². The number of carboxylic acids is 3. The number of carbonyl (C=O) groups is 6. The summed E-state index contributed by atoms with van der Waals surface area (Å²) >= 11 is 0. The van der Waals surface area contributed by atoms with Crippen LogP contribution in [0.3, 0.4) is 0 Å². The SMILES string of the molecule is CC(=O)N[C@H]1[C@H](O[C@H]2[C@H](O)[C@@H](O)[C@H](O[C@H]3[C@@H](O)[C@@H](CO)O[C@@H](O[C@H]4[C@H](O)[C@@H](O)[C@H](O[C@H]5[C@@H](O)[C@@H](CO)O[C@@H](O[C@H]6[C@H](O)[C@@H](O)[C@H](O)O[C@@H]6C(=O)O)[C@@H]5NC(C)=O)O[C@@H]4C(=O)O)[C@@H]3NC(C)=O)O[C@@H]2C(=O)O)O[C@H](CO)[C@H](O)[C@@H]1O. The van der Waals surface area contributed by atoms with Crippen LogP contribution in [-0.2, 0) is 80.9 Å². The lowest BCUT2D eigenvalue weighted by Gasteiger charge is -2.50. The Hall–Kier alpha value is -4.18. The van der Waals surface area contributed by atoms with Crippen molar-refractivity contribution < 1.29 is 168 Å². The van der Waals surface area contributed by atoms with Crippen molar-refractivity contribution >= 4 is 35.6 Å². The summed E-state index contributed by atoms with van der Waals surface area (Å²) in [6, 6.07) is -5.63. The summed E-state index contributed by atoms with van der Waals surface area (Å²) in [5, 5.41) is 188. The molecule has 0 radical (unpaired) electrons. The summed E-state index contributed by atoms with van der Waals surface area (Å²) in [7, 11) is 0. The number of rotatable bonds is 19. The van der Waals surface area contributed by atoms with E-state index in [1.807, 2.05) is 0 Å². The van der Waals surface area contributed by atoms with Gasteiger partial charge in [-0.25, -0.2) is 14.4 Å². The fourth-order valence-electron chi connectivity index (χ4n) is 9.63. The van der Waals surface area contributed by atoms with Crippen LogP contribution in [0.2, 0.25) is 0 Å². The molecule has 0 aliphatic carbocycles. The minimum absolute atomic E-state index is 0.824. The highest BCUT2D eigenvalue weighted by atomic mass is 16.8. The van der Waals surface area contributed by atoms with Crippen molar-refractivity contribution in [1.82, 2.24) is 16.0 Å². The maximum absolute atomic E-state index is 12.9. The lowest BCUT2D eigenvalue weighted by atomic mass is 9.93. The fourth-order valence-corrected chi connectivity index (χ4v) is 9.63. The highest BCUT2D eigenvalue weighted by molar-refractivity contribution is 5.75. The minimum Gasteiger partial charge on any atom is -0.479 e. The van der Waals surface area contributed by atoms with Crippen molar-refractivity contribution in [3.63, 3.8) is 0 Å². The fraction of sp³-hybridized carbons (Fsp3) is 0.857. The van der Waals surface area contributed by atoms with E-state index in [4.69, 9.17) is 52.1 Å². The minimum atomic E-state index is -2.53. The quantitative estimate of drug-likeness (QED) is 0.0571. The molecule has 0 unspecified atom stereocenters. The predicted molar refractivity (Wildman–Crippen MR) is 236 cm³/mol. The molecule has 37 heteroatoms. The molecule has 79 heavy (non-hydrogen) atoms. The number of nitrogens with one attached hydrogen (secondary N) is 3. The van der Waals surface area contributed by atoms with Crippen LogP contribution in [0.15, 0.2) is 0 Å². The Labute approximate surface area is 443 Å². The Morgan fingerprint density at radius 2 is 0.633 bits per heavy atom. The summed E-state index contributed by atoms with van der Waals surface area (Å²) < 4.78 is 61.2. The first kappa shape index (κ1) is 64.0. The van der Waals surface area contributed by atoms with E-state index in [1.165, 1.54) is 0 Å². The van der Waals surface area contributed by atoms with E-state index in [0.717, 1.165) is 20.8 Å². The van der Waals surface area contributed by atoms with Crippen molar-refractivity contribution in [3.8, 4) is 0 Å². The number of carbonyl (C=O) groups excluding carboxylic acids is 3. The monoisotopic (exact) mass is 1160 g/mol. The number of ether oxygens (including phenoxy) is 11. The Morgan fingerprint density at radius 1 is 0.342 bits per heavy atom. The Kier molecular flexibility index (Phi) is 21.7. The van der Waals surface area contributed by atoms with E-state index in [0.29, 0.717) is 0 Å². The molecule has 0 aromatic heterocycles. The van der Waals surface area contributed by atoms with Gasteiger partial charge in [0.05, 0.1) is 19.8 Å². The number of carboxylic acid groups (broad SMARTS) is 3. The molecule has 0 bridgehead atoms. The Bertz CT molecular complexity index is 2120. The van der Waals surface area contributed by atoms with Crippen LogP contribution in [0.25, 0.3) is 0 Å². The molecule has 6 aliphatic heterocycles. The van der Waals surface area contributed by atoms with Crippen LogP contribution in [0.5, 0.6) is 0 Å². The van der Waals surface area contributed by atoms with Crippen LogP contribution in [0.4, 0.5) is 0 Å². The smallest absolute Gasteiger partial charge is 0.335 e. The second-order valence-electron chi connectivity index (χ2n) is 19.1. The molecule has 30 atom stereocenters. The Morgan fingerprint density at radius 3 is 0.962 bits per heavy atom. The molecule has 0 aromatic rings. The second-order valence-corrected chi connectivity index (χ2v) is 19.1. The number of hydrogen-bond donors (Lipinski definition) is 20. The highest BCUT2D eigenvalue weighted by Gasteiger charge is 2.60. The summed E-state index contributed by atoms with van der Waals surface area (Å²) in [5.74, 6) is -8.60. The zero-order chi connectivity index (χ0) is 58.8. The van der Waals surface area contributed by atoms with E-state index in [-0.39, 0.29) is 0 Å². The maximum Gasteiger partial charge on any atom is 0.335 e. The van der Waals surface area contributed by atoms with Crippen LogP contribution in [-0.4, -0.2) is 326 Å². The van der Waals surface area contributed by atoms with Gasteiger partial charge in [-0.15, -0.1) is 0 Å². The Balaban J connectivity index is 1.25. The summed E-state index contributed by atoms with van der Waals surface area (Å²) in [5.41, 5.74) is 0. The van der Waals surface area contributed by atoms with Gasteiger partial charge in [-0.3, -0.25) is 14.4 Å². The first-order chi connectivity index (χ1) is 37.1. The number of aliphatic carboxylic acids is 3. The van der Waals surface area contributed by atoms with Gasteiger partial charge < -0.3 is 155 Å². The average Bonchev–Trinajstić information content (AvgIpc) is 3.54. The van der Waals surface area contributed by atoms with Crippen LogP contribution < -0.4 is 16.0 Å². The van der Waals surface area contributed by atoms with Gasteiger partial charge in [0.15, 0.2) is 56.1 Å². The van der Waals surface area contributed by atoms with E-state index >= 15 is 0 Å². The van der Waals surface area contributed by atoms with Gasteiger partial charge in [-0.1, -0.05) is 0 Å². The molecule has 3 amide bonds. The molecule has 6 rings (SSSR count). The van der Waals surface area contributed by atoms with E-state index in [9.17, 15) is 116 Å². The summed E-state index contributed by atoms with van der Waals surface area (Å²) in [6.45, 7) is -0.435. The molecule has 37 nitrogen and oxygen atoms in total. The van der Waals surface area contributed by atoms with Gasteiger partial charge in [0.1, 0.15) is 128 Å². The van der Waals surface area contributed by atoms with Crippen molar-refractivity contribution in [2.45, 2.75) is 205 Å². The van der Waals surface area contributed by atoms with Gasteiger partial charge in [0.25, 0.3) is 0 Å². The van der Waals surface area contributed by atoms with Gasteiger partial charge in [0, 0.05) is 20.8 Å². The molecule has 0 saturated carbocycles. The molecule has 6 aliphatic rings. The molecule has 0 aromatic carbocycles. The zero-order valence-electron chi connectivity index (χ0n) is 41.5. The number of aliphatic hydroxyl groups excluding tert-OH is 14. The first-order valence-corrected chi connectivity index (χ1v) is 24.1. The molecular formula is C42H65N3O34. The zero-order valence-corrected chi connectivity index (χ0v) is 41.5. The second kappa shape index (κ2) is 26.8. The van der Waals surface area contributed by atoms with Crippen LogP contribution >= 0.6 is 0 Å². The summed E-state index contributed by atoms with van der Waals surface area (Å²) in [4.78, 5) is 75.0. The number of hydrogen-bond acceptors (Lipinski definition) is 31. The van der Waals surface area contributed by atoms with Gasteiger partial charge in [-0.2, -0.15) is 0 Å². The molecular weight excluding hydrogens is 1090 g/mol. The van der Waals surface area contributed by atoms with Gasteiger partial charge in [-0.05, 0) is 0 Å². The highest BCUT2D eigenvalue weighted by Crippen LogP contribution is 2.37. The van der Waals surface area contributed by atoms with Crippen LogP contribution in [0.1, 0.15) is 20.8 Å². The largest absolute Gasteiger partial charge is 0.479 e. The lowest BCUT2D eigenvalue weighted by Crippen LogP contribution is -2.71. The van der Waals surface area contributed by atoms with E-state index < -0.39 is 239 Å². The van der Waals surface area contributed by atoms with E-state index in [1.54, 1.807) is 0 Å². The number of amides is 3.